The van der Waals surface area contributed by atoms with Crippen LogP contribution in [-0.2, 0) is 12.8 Å². The van der Waals surface area contributed by atoms with Crippen molar-refractivity contribution in [2.24, 2.45) is 5.92 Å². The van der Waals surface area contributed by atoms with E-state index in [2.05, 4.69) is 55.5 Å². The number of aryl methyl sites for hydroxylation is 1. The van der Waals surface area contributed by atoms with Gasteiger partial charge in [0.2, 0.25) is 0 Å². The standard InChI is InChI=1S/C16H26N2/c1-13(12-18(2)3)17-11-14-8-9-15-6-4-5-7-16(15)10-14/h4-7,13-14,17H,8-12H2,1-3H3. The molecule has 2 unspecified atom stereocenters. The molecule has 1 aromatic carbocycles. The van der Waals surface area contributed by atoms with E-state index in [1.807, 2.05) is 0 Å². The van der Waals surface area contributed by atoms with Crippen LogP contribution < -0.4 is 5.32 Å². The van der Waals surface area contributed by atoms with Crippen molar-refractivity contribution in [1.82, 2.24) is 10.2 Å². The predicted molar refractivity (Wildman–Crippen MR) is 78.0 cm³/mol. The number of fused-ring (bicyclic) bond motifs is 1. The van der Waals surface area contributed by atoms with Crippen LogP contribution >= 0.6 is 0 Å². The molecule has 0 aliphatic heterocycles. The largest absolute Gasteiger partial charge is 0.313 e. The van der Waals surface area contributed by atoms with E-state index >= 15 is 0 Å². The van der Waals surface area contributed by atoms with Crippen molar-refractivity contribution in [2.75, 3.05) is 27.2 Å². The highest BCUT2D eigenvalue weighted by molar-refractivity contribution is 5.29. The molecular weight excluding hydrogens is 220 g/mol. The van der Waals surface area contributed by atoms with Gasteiger partial charge in [0.15, 0.2) is 0 Å². The molecule has 0 bridgehead atoms. The molecule has 1 N–H and O–H groups in total. The second kappa shape index (κ2) is 6.35. The second-order valence-electron chi connectivity index (χ2n) is 5.95. The molecule has 2 atom stereocenters. The molecule has 100 valence electrons. The van der Waals surface area contributed by atoms with Gasteiger partial charge in [-0.25, -0.2) is 0 Å². The quantitative estimate of drug-likeness (QED) is 0.858. The van der Waals surface area contributed by atoms with E-state index in [9.17, 15) is 0 Å². The summed E-state index contributed by atoms with van der Waals surface area (Å²) in [5.41, 5.74) is 3.13. The average molecular weight is 246 g/mol. The minimum Gasteiger partial charge on any atom is -0.313 e. The van der Waals surface area contributed by atoms with Gasteiger partial charge in [-0.2, -0.15) is 0 Å². The van der Waals surface area contributed by atoms with Gasteiger partial charge in [0, 0.05) is 12.6 Å². The van der Waals surface area contributed by atoms with Gasteiger partial charge in [-0.1, -0.05) is 24.3 Å². The lowest BCUT2D eigenvalue weighted by Gasteiger charge is -2.27. The molecule has 2 heteroatoms. The van der Waals surface area contributed by atoms with Crippen LogP contribution in [0.15, 0.2) is 24.3 Å². The summed E-state index contributed by atoms with van der Waals surface area (Å²) >= 11 is 0. The van der Waals surface area contributed by atoms with Crippen molar-refractivity contribution in [3.8, 4) is 0 Å². The van der Waals surface area contributed by atoms with Crippen molar-refractivity contribution < 1.29 is 0 Å². The Morgan fingerprint density at radius 3 is 2.72 bits per heavy atom. The summed E-state index contributed by atoms with van der Waals surface area (Å²) < 4.78 is 0. The Morgan fingerprint density at radius 1 is 1.28 bits per heavy atom. The molecule has 0 spiro atoms. The van der Waals surface area contributed by atoms with E-state index in [0.29, 0.717) is 6.04 Å². The predicted octanol–water partition coefficient (Wildman–Crippen LogP) is 2.33. The normalized spacial score (nSPS) is 20.8. The molecule has 18 heavy (non-hydrogen) atoms. The smallest absolute Gasteiger partial charge is 0.0166 e. The maximum absolute atomic E-state index is 3.67. The molecular formula is C16H26N2. The minimum atomic E-state index is 0.581. The van der Waals surface area contributed by atoms with Crippen LogP contribution in [-0.4, -0.2) is 38.1 Å². The monoisotopic (exact) mass is 246 g/mol. The number of nitrogens with zero attached hydrogens (tertiary/aromatic N) is 1. The number of hydrogen-bond acceptors (Lipinski definition) is 2. The number of benzene rings is 1. The Kier molecular flexibility index (Phi) is 4.79. The second-order valence-corrected chi connectivity index (χ2v) is 5.95. The minimum absolute atomic E-state index is 0.581. The molecule has 2 nitrogen and oxygen atoms in total. The molecule has 1 aromatic rings. The lowest BCUT2D eigenvalue weighted by Crippen LogP contribution is -2.39. The van der Waals surface area contributed by atoms with Crippen LogP contribution in [0.25, 0.3) is 0 Å². The molecule has 0 fully saturated rings. The highest BCUT2D eigenvalue weighted by Gasteiger charge is 2.18. The average Bonchev–Trinajstić information content (AvgIpc) is 2.35. The molecule has 0 radical (unpaired) electrons. The van der Waals surface area contributed by atoms with Gasteiger partial charge >= 0.3 is 0 Å². The first-order chi connectivity index (χ1) is 8.65. The Morgan fingerprint density at radius 2 is 2.00 bits per heavy atom. The molecule has 0 saturated carbocycles. The summed E-state index contributed by atoms with van der Waals surface area (Å²) in [6.45, 7) is 4.55. The highest BCUT2D eigenvalue weighted by atomic mass is 15.1. The van der Waals surface area contributed by atoms with Gasteiger partial charge in [0.25, 0.3) is 0 Å². The van der Waals surface area contributed by atoms with Gasteiger partial charge in [0.05, 0.1) is 0 Å². The number of nitrogens with one attached hydrogen (secondary N) is 1. The Hall–Kier alpha value is -0.860. The van der Waals surface area contributed by atoms with Crippen molar-refractivity contribution in [1.29, 1.82) is 0 Å². The number of likely N-dealkylation sites (N-methyl/N-ethyl adjacent to an activating group) is 1. The van der Waals surface area contributed by atoms with Crippen LogP contribution in [0.4, 0.5) is 0 Å². The zero-order valence-electron chi connectivity index (χ0n) is 11.9. The van der Waals surface area contributed by atoms with Crippen molar-refractivity contribution in [2.45, 2.75) is 32.2 Å². The molecule has 2 rings (SSSR count). The number of hydrogen-bond donors (Lipinski definition) is 1. The Bertz CT molecular complexity index is 373. The van der Waals surface area contributed by atoms with E-state index < -0.39 is 0 Å². The van der Waals surface area contributed by atoms with Gasteiger partial charge in [-0.3, -0.25) is 0 Å². The third-order valence-corrected chi connectivity index (χ3v) is 3.84. The maximum atomic E-state index is 3.67. The topological polar surface area (TPSA) is 15.3 Å². The van der Waals surface area contributed by atoms with E-state index in [0.717, 1.165) is 19.0 Å². The summed E-state index contributed by atoms with van der Waals surface area (Å²) in [6, 6.07) is 9.50. The third-order valence-electron chi connectivity index (χ3n) is 3.84. The fourth-order valence-corrected chi connectivity index (χ4v) is 2.93. The first kappa shape index (κ1) is 13.6. The van der Waals surface area contributed by atoms with E-state index in [1.165, 1.54) is 19.3 Å². The van der Waals surface area contributed by atoms with Gasteiger partial charge in [-0.15, -0.1) is 0 Å². The van der Waals surface area contributed by atoms with Crippen LogP contribution in [0.3, 0.4) is 0 Å². The molecule has 0 saturated heterocycles. The van der Waals surface area contributed by atoms with E-state index in [4.69, 9.17) is 0 Å². The van der Waals surface area contributed by atoms with Crippen molar-refractivity contribution >= 4 is 0 Å². The molecule has 0 amide bonds. The zero-order chi connectivity index (χ0) is 13.0. The Labute approximate surface area is 111 Å². The summed E-state index contributed by atoms with van der Waals surface area (Å²) in [7, 11) is 4.27. The first-order valence-electron chi connectivity index (χ1n) is 7.10. The molecule has 1 aliphatic carbocycles. The first-order valence-corrected chi connectivity index (χ1v) is 7.10. The highest BCUT2D eigenvalue weighted by Crippen LogP contribution is 2.24. The van der Waals surface area contributed by atoms with Crippen LogP contribution in [0.5, 0.6) is 0 Å². The number of rotatable bonds is 5. The van der Waals surface area contributed by atoms with Gasteiger partial charge in [0.1, 0.15) is 0 Å². The molecule has 0 heterocycles. The van der Waals surface area contributed by atoms with E-state index in [-0.39, 0.29) is 0 Å². The SMILES string of the molecule is CC(CN(C)C)NCC1CCc2ccccc2C1. The molecule has 0 aromatic heterocycles. The fraction of sp³-hybridized carbons (Fsp3) is 0.625. The van der Waals surface area contributed by atoms with Crippen molar-refractivity contribution in [3.63, 3.8) is 0 Å². The summed E-state index contributed by atoms with van der Waals surface area (Å²) in [6.07, 6.45) is 3.83. The third kappa shape index (κ3) is 3.82. The van der Waals surface area contributed by atoms with Crippen LogP contribution in [0, 0.1) is 5.92 Å². The van der Waals surface area contributed by atoms with Gasteiger partial charge < -0.3 is 10.2 Å². The lowest BCUT2D eigenvalue weighted by molar-refractivity contribution is 0.326. The Balaban J connectivity index is 1.79. The van der Waals surface area contributed by atoms with Crippen LogP contribution in [0.2, 0.25) is 0 Å². The van der Waals surface area contributed by atoms with Gasteiger partial charge in [-0.05, 0) is 63.9 Å². The van der Waals surface area contributed by atoms with E-state index in [1.54, 1.807) is 11.1 Å². The summed E-state index contributed by atoms with van der Waals surface area (Å²) in [5, 5.41) is 3.67. The maximum Gasteiger partial charge on any atom is 0.0166 e. The fourth-order valence-electron chi connectivity index (χ4n) is 2.93. The molecule has 1 aliphatic rings. The van der Waals surface area contributed by atoms with Crippen LogP contribution in [0.1, 0.15) is 24.5 Å². The zero-order valence-corrected chi connectivity index (χ0v) is 11.9. The summed E-state index contributed by atoms with van der Waals surface area (Å²) in [5.74, 6) is 0.810. The lowest BCUT2D eigenvalue weighted by atomic mass is 9.84. The van der Waals surface area contributed by atoms with Crippen molar-refractivity contribution in [3.05, 3.63) is 35.4 Å². The summed E-state index contributed by atoms with van der Waals surface area (Å²) in [4.78, 5) is 2.24.